The Bertz CT molecular complexity index is 887. The number of benzene rings is 1. The summed E-state index contributed by atoms with van der Waals surface area (Å²) in [6.07, 6.45) is 3.19. The van der Waals surface area contributed by atoms with E-state index in [0.717, 1.165) is 0 Å². The molecule has 31 heavy (non-hydrogen) atoms. The van der Waals surface area contributed by atoms with Gasteiger partial charge in [-0.3, -0.25) is 15.0 Å². The number of guanidine groups is 1. The van der Waals surface area contributed by atoms with E-state index in [1.165, 1.54) is 17.0 Å². The van der Waals surface area contributed by atoms with Gasteiger partial charge in [-0.15, -0.1) is 6.58 Å². The molecule has 1 unspecified atom stereocenters. The van der Waals surface area contributed by atoms with Gasteiger partial charge in [-0.25, -0.2) is 14.6 Å². The zero-order valence-electron chi connectivity index (χ0n) is 18.6. The number of allylic oxidation sites excluding steroid dienone is 1. The van der Waals surface area contributed by atoms with E-state index in [0.29, 0.717) is 24.8 Å². The molecular formula is C23H31N3O5. The molecule has 0 saturated heterocycles. The Hall–Kier alpha value is -3.16. The molecule has 1 aliphatic rings. The number of nitrogens with zero attached hydrogens (tertiary/aromatic N) is 2. The summed E-state index contributed by atoms with van der Waals surface area (Å²) in [5, 5.41) is 11.9. The number of aliphatic imine (C=N–C) groups is 1. The number of alkyl carbamates (subject to hydrolysis) is 1. The van der Waals surface area contributed by atoms with Crippen LogP contribution in [0.15, 0.2) is 41.9 Å². The van der Waals surface area contributed by atoms with E-state index in [4.69, 9.17) is 9.73 Å². The number of carbonyl (C=O) groups excluding carboxylic acids is 2. The zero-order chi connectivity index (χ0) is 23.2. The van der Waals surface area contributed by atoms with Crippen LogP contribution in [0.25, 0.3) is 0 Å². The molecule has 0 saturated carbocycles. The lowest BCUT2D eigenvalue weighted by molar-refractivity contribution is -0.130. The number of aromatic carboxylic acids is 1. The monoisotopic (exact) mass is 429 g/mol. The number of carboxylic acid groups (broad SMARTS) is 1. The van der Waals surface area contributed by atoms with E-state index in [9.17, 15) is 19.5 Å². The van der Waals surface area contributed by atoms with Crippen LogP contribution >= 0.6 is 0 Å². The van der Waals surface area contributed by atoms with Crippen molar-refractivity contribution in [1.29, 1.82) is 0 Å². The minimum Gasteiger partial charge on any atom is -0.478 e. The Morgan fingerprint density at radius 1 is 1.39 bits per heavy atom. The van der Waals surface area contributed by atoms with Crippen molar-refractivity contribution >= 4 is 23.9 Å². The molecule has 0 radical (unpaired) electrons. The first kappa shape index (κ1) is 24.1. The topological polar surface area (TPSA) is 108 Å². The maximum absolute atomic E-state index is 13.1. The second kappa shape index (κ2) is 9.76. The smallest absolute Gasteiger partial charge is 0.414 e. The number of carboxylic acids is 1. The summed E-state index contributed by atoms with van der Waals surface area (Å²) >= 11 is 0. The lowest BCUT2D eigenvalue weighted by Crippen LogP contribution is -2.54. The largest absolute Gasteiger partial charge is 0.478 e. The van der Waals surface area contributed by atoms with Gasteiger partial charge >= 0.3 is 12.1 Å². The molecule has 1 aliphatic heterocycles. The molecule has 0 bridgehead atoms. The van der Waals surface area contributed by atoms with Gasteiger partial charge < -0.3 is 9.84 Å². The highest BCUT2D eigenvalue weighted by atomic mass is 16.6. The van der Waals surface area contributed by atoms with E-state index < -0.39 is 23.2 Å². The summed E-state index contributed by atoms with van der Waals surface area (Å²) < 4.78 is 5.35. The molecule has 1 aromatic rings. The third-order valence-corrected chi connectivity index (χ3v) is 4.98. The third kappa shape index (κ3) is 6.67. The molecule has 2 N–H and O–H groups in total. The standard InChI is InChI=1S/C23H31N3O5/c1-6-8-12-23(7-2)14-18(27)26(15-16-10-9-11-17(13-16)19(28)29)20(25-23)24-21(30)31-22(3,4)5/h6,9-11,13H,1,7-8,12,14-15H2,2-5H3,(H,28,29)(H,24,25,30). The highest BCUT2D eigenvalue weighted by Crippen LogP contribution is 2.32. The number of rotatable bonds is 7. The number of ether oxygens (including phenoxy) is 1. The van der Waals surface area contributed by atoms with Crippen LogP contribution in [0.5, 0.6) is 0 Å². The van der Waals surface area contributed by atoms with Crippen LogP contribution < -0.4 is 5.32 Å². The first-order chi connectivity index (χ1) is 14.5. The summed E-state index contributed by atoms with van der Waals surface area (Å²) in [5.41, 5.74) is -0.625. The lowest BCUT2D eigenvalue weighted by atomic mass is 9.86. The molecule has 1 aromatic carbocycles. The Morgan fingerprint density at radius 2 is 2.10 bits per heavy atom. The summed E-state index contributed by atoms with van der Waals surface area (Å²) in [6.45, 7) is 11.0. The van der Waals surface area contributed by atoms with Gasteiger partial charge in [0.1, 0.15) is 5.60 Å². The lowest BCUT2D eigenvalue weighted by Gasteiger charge is -2.38. The highest BCUT2D eigenvalue weighted by molar-refractivity contribution is 6.05. The van der Waals surface area contributed by atoms with E-state index in [2.05, 4.69) is 11.9 Å². The third-order valence-electron chi connectivity index (χ3n) is 4.98. The highest BCUT2D eigenvalue weighted by Gasteiger charge is 2.39. The molecule has 2 amide bonds. The predicted octanol–water partition coefficient (Wildman–Crippen LogP) is 4.11. The van der Waals surface area contributed by atoms with Crippen LogP contribution in [0.2, 0.25) is 0 Å². The molecular weight excluding hydrogens is 398 g/mol. The zero-order valence-corrected chi connectivity index (χ0v) is 18.6. The van der Waals surface area contributed by atoms with Crippen molar-refractivity contribution in [3.8, 4) is 0 Å². The van der Waals surface area contributed by atoms with Gasteiger partial charge in [-0.1, -0.05) is 25.1 Å². The molecule has 0 aromatic heterocycles. The van der Waals surface area contributed by atoms with Gasteiger partial charge in [0.25, 0.3) is 0 Å². The Labute approximate surface area is 183 Å². The van der Waals surface area contributed by atoms with E-state index in [-0.39, 0.29) is 30.4 Å². The molecule has 8 nitrogen and oxygen atoms in total. The van der Waals surface area contributed by atoms with Gasteiger partial charge in [-0.2, -0.15) is 0 Å². The van der Waals surface area contributed by atoms with Gasteiger partial charge in [0.2, 0.25) is 11.9 Å². The average Bonchev–Trinajstić information content (AvgIpc) is 2.67. The Balaban J connectivity index is 2.40. The van der Waals surface area contributed by atoms with Crippen molar-refractivity contribution in [2.45, 2.75) is 71.1 Å². The van der Waals surface area contributed by atoms with Crippen LogP contribution in [0.1, 0.15) is 69.3 Å². The number of carbonyl (C=O) groups is 3. The van der Waals surface area contributed by atoms with Crippen LogP contribution in [0.3, 0.4) is 0 Å². The Kier molecular flexibility index (Phi) is 7.60. The van der Waals surface area contributed by atoms with Crippen LogP contribution in [-0.2, 0) is 16.1 Å². The van der Waals surface area contributed by atoms with Crippen molar-refractivity contribution in [3.63, 3.8) is 0 Å². The number of amides is 2. The molecule has 2 rings (SSSR count). The molecule has 168 valence electrons. The normalized spacial score (nSPS) is 18.9. The van der Waals surface area contributed by atoms with Crippen LogP contribution in [0.4, 0.5) is 4.79 Å². The van der Waals surface area contributed by atoms with Gasteiger partial charge in [0.05, 0.1) is 24.1 Å². The molecule has 1 atom stereocenters. The van der Waals surface area contributed by atoms with Crippen molar-refractivity contribution < 1.29 is 24.2 Å². The maximum atomic E-state index is 13.1. The van der Waals surface area contributed by atoms with Gasteiger partial charge in [0, 0.05) is 0 Å². The van der Waals surface area contributed by atoms with E-state index in [1.807, 2.05) is 6.92 Å². The van der Waals surface area contributed by atoms with Gasteiger partial charge in [0.15, 0.2) is 0 Å². The number of nitrogens with one attached hydrogen (secondary N) is 1. The van der Waals surface area contributed by atoms with Crippen molar-refractivity contribution in [2.75, 3.05) is 0 Å². The summed E-state index contributed by atoms with van der Waals surface area (Å²) in [6, 6.07) is 6.32. The van der Waals surface area contributed by atoms with Crippen molar-refractivity contribution in [3.05, 3.63) is 48.0 Å². The molecule has 0 spiro atoms. The number of hydrogen-bond acceptors (Lipinski definition) is 5. The predicted molar refractivity (Wildman–Crippen MR) is 118 cm³/mol. The van der Waals surface area contributed by atoms with Crippen LogP contribution in [-0.4, -0.2) is 45.1 Å². The summed E-state index contributed by atoms with van der Waals surface area (Å²) in [7, 11) is 0. The fourth-order valence-electron chi connectivity index (χ4n) is 3.35. The molecule has 0 aliphatic carbocycles. The molecule has 8 heteroatoms. The average molecular weight is 430 g/mol. The van der Waals surface area contributed by atoms with Crippen LogP contribution in [0, 0.1) is 0 Å². The minimum atomic E-state index is -1.05. The number of hydrogen-bond donors (Lipinski definition) is 2. The minimum absolute atomic E-state index is 0.0792. The second-order valence-corrected chi connectivity index (χ2v) is 8.63. The van der Waals surface area contributed by atoms with Crippen molar-refractivity contribution in [2.24, 2.45) is 4.99 Å². The van der Waals surface area contributed by atoms with Gasteiger partial charge in [-0.05, 0) is 57.7 Å². The summed E-state index contributed by atoms with van der Waals surface area (Å²) in [5.74, 6) is -1.15. The fraction of sp³-hybridized carbons (Fsp3) is 0.478. The Morgan fingerprint density at radius 3 is 2.68 bits per heavy atom. The maximum Gasteiger partial charge on any atom is 0.414 e. The molecule has 0 fully saturated rings. The SMILES string of the molecule is C=CCCC1(CC)CC(=O)N(Cc2cccc(C(=O)O)c2)C(NC(=O)OC(C)(C)C)=N1. The summed E-state index contributed by atoms with van der Waals surface area (Å²) in [4.78, 5) is 43.0. The first-order valence-corrected chi connectivity index (χ1v) is 10.3. The first-order valence-electron chi connectivity index (χ1n) is 10.3. The second-order valence-electron chi connectivity index (χ2n) is 8.63. The fourth-order valence-corrected chi connectivity index (χ4v) is 3.35. The van der Waals surface area contributed by atoms with E-state index >= 15 is 0 Å². The molecule has 1 heterocycles. The quantitative estimate of drug-likeness (QED) is 0.634. The van der Waals surface area contributed by atoms with E-state index in [1.54, 1.807) is 39.0 Å². The van der Waals surface area contributed by atoms with Crippen molar-refractivity contribution in [1.82, 2.24) is 10.2 Å².